The normalized spacial score (nSPS) is 20.8. The average Bonchev–Trinajstić information content (AvgIpc) is 3.22. The predicted octanol–water partition coefficient (Wildman–Crippen LogP) is 5.49. The van der Waals surface area contributed by atoms with Crippen LogP contribution in [-0.2, 0) is 6.42 Å². The third kappa shape index (κ3) is 4.52. The maximum absolute atomic E-state index is 13.7. The van der Waals surface area contributed by atoms with E-state index in [0.717, 1.165) is 31.5 Å². The molecule has 1 unspecified atom stereocenters. The highest BCUT2D eigenvalue weighted by Gasteiger charge is 2.32. The zero-order chi connectivity index (χ0) is 22.1. The summed E-state index contributed by atoms with van der Waals surface area (Å²) in [6, 6.07) is 11.7. The van der Waals surface area contributed by atoms with Gasteiger partial charge in [0.25, 0.3) is 0 Å². The summed E-state index contributed by atoms with van der Waals surface area (Å²) in [5.41, 5.74) is 6.59. The van der Waals surface area contributed by atoms with Crippen LogP contribution in [0.1, 0.15) is 51.9 Å². The molecule has 31 heavy (non-hydrogen) atoms. The Morgan fingerprint density at radius 1 is 1.23 bits per heavy atom. The van der Waals surface area contributed by atoms with Gasteiger partial charge in [-0.25, -0.2) is 9.18 Å². The quantitative estimate of drug-likeness (QED) is 0.552. The molecular formula is C26H31FN2O2. The van der Waals surface area contributed by atoms with E-state index >= 15 is 0 Å². The lowest BCUT2D eigenvalue weighted by atomic mass is 9.76. The van der Waals surface area contributed by atoms with Gasteiger partial charge in [0.05, 0.1) is 5.56 Å². The topological polar surface area (TPSA) is 56.3 Å². The van der Waals surface area contributed by atoms with Crippen LogP contribution in [-0.4, -0.2) is 46.8 Å². The standard InChI is InChI=1S/C26H31FN2O2/c1-16-12-17(2)25-22(8-10-28-25)23(16)13-21-9-11-29(14-18(3)27)15-24(21)19-4-6-20(7-5-19)26(30)31/h4-8,10,12,18,21,24,28H,9,11,13-15H2,1-3H3,(H,30,31)/t18?,21-,24-/m0/s1. The molecule has 4 rings (SSSR count). The first-order chi connectivity index (χ1) is 14.8. The number of halogens is 1. The fraction of sp³-hybridized carbons (Fsp3) is 0.423. The summed E-state index contributed by atoms with van der Waals surface area (Å²) in [5, 5.41) is 10.5. The number of likely N-dealkylation sites (tertiary alicyclic amines) is 1. The van der Waals surface area contributed by atoms with E-state index in [0.29, 0.717) is 18.0 Å². The van der Waals surface area contributed by atoms with Crippen LogP contribution in [0.5, 0.6) is 0 Å². The number of carboxylic acids is 1. The predicted molar refractivity (Wildman–Crippen MR) is 123 cm³/mol. The van der Waals surface area contributed by atoms with Gasteiger partial charge >= 0.3 is 5.97 Å². The molecule has 4 nitrogen and oxygen atoms in total. The van der Waals surface area contributed by atoms with E-state index in [1.807, 2.05) is 18.3 Å². The van der Waals surface area contributed by atoms with Gasteiger partial charge < -0.3 is 10.1 Å². The zero-order valence-corrected chi connectivity index (χ0v) is 18.5. The van der Waals surface area contributed by atoms with Crippen molar-refractivity contribution in [2.24, 2.45) is 5.92 Å². The number of nitrogens with one attached hydrogen (secondary N) is 1. The summed E-state index contributed by atoms with van der Waals surface area (Å²) >= 11 is 0. The Hall–Kier alpha value is -2.66. The molecular weight excluding hydrogens is 391 g/mol. The van der Waals surface area contributed by atoms with Crippen LogP contribution in [0.15, 0.2) is 42.6 Å². The highest BCUT2D eigenvalue weighted by molar-refractivity contribution is 5.88. The van der Waals surface area contributed by atoms with Crippen molar-refractivity contribution in [2.45, 2.75) is 45.7 Å². The van der Waals surface area contributed by atoms with Crippen molar-refractivity contribution in [3.8, 4) is 0 Å². The van der Waals surface area contributed by atoms with E-state index in [-0.39, 0.29) is 5.92 Å². The molecule has 1 fully saturated rings. The van der Waals surface area contributed by atoms with E-state index in [1.54, 1.807) is 19.1 Å². The molecule has 2 heterocycles. The van der Waals surface area contributed by atoms with E-state index in [1.165, 1.54) is 27.6 Å². The SMILES string of the molecule is Cc1cc(C)c2[nH]ccc2c1C[C@@H]1CCN(CC(C)F)C[C@H]1c1ccc(C(=O)O)cc1. The second-order valence-electron chi connectivity index (χ2n) is 9.08. The Balaban J connectivity index is 1.66. The molecule has 1 aliphatic heterocycles. The fourth-order valence-electron chi connectivity index (χ4n) is 5.26. The lowest BCUT2D eigenvalue weighted by Crippen LogP contribution is -2.42. The number of piperidine rings is 1. The van der Waals surface area contributed by atoms with Gasteiger partial charge in [-0.05, 0) is 92.4 Å². The number of carbonyl (C=O) groups is 1. The summed E-state index contributed by atoms with van der Waals surface area (Å²) in [7, 11) is 0. The molecule has 2 aromatic carbocycles. The number of hydrogen-bond donors (Lipinski definition) is 2. The Bertz CT molecular complexity index is 1070. The molecule has 0 bridgehead atoms. The highest BCUT2D eigenvalue weighted by atomic mass is 19.1. The van der Waals surface area contributed by atoms with E-state index < -0.39 is 12.1 Å². The Morgan fingerprint density at radius 3 is 2.65 bits per heavy atom. The molecule has 0 amide bonds. The summed E-state index contributed by atoms with van der Waals surface area (Å²) < 4.78 is 13.7. The van der Waals surface area contributed by atoms with Gasteiger partial charge in [-0.1, -0.05) is 18.2 Å². The van der Waals surface area contributed by atoms with Gasteiger partial charge in [-0.15, -0.1) is 0 Å². The minimum absolute atomic E-state index is 0.241. The Morgan fingerprint density at radius 2 is 1.97 bits per heavy atom. The number of rotatable bonds is 6. The third-order valence-electron chi connectivity index (χ3n) is 6.78. The van der Waals surface area contributed by atoms with Crippen LogP contribution in [0, 0.1) is 19.8 Å². The number of H-pyrrole nitrogens is 1. The summed E-state index contributed by atoms with van der Waals surface area (Å²) in [5.74, 6) is -0.254. The molecule has 2 N–H and O–H groups in total. The summed E-state index contributed by atoms with van der Waals surface area (Å²) in [6.07, 6.45) is 3.11. The first-order valence-corrected chi connectivity index (χ1v) is 11.1. The van der Waals surface area contributed by atoms with Gasteiger partial charge in [0.15, 0.2) is 0 Å². The molecule has 0 radical (unpaired) electrons. The first kappa shape index (κ1) is 21.6. The number of nitrogens with zero attached hydrogens (tertiary/aromatic N) is 1. The van der Waals surface area contributed by atoms with E-state index in [9.17, 15) is 14.3 Å². The lowest BCUT2D eigenvalue weighted by Gasteiger charge is -2.39. The van der Waals surface area contributed by atoms with Gasteiger partial charge in [-0.3, -0.25) is 4.90 Å². The third-order valence-corrected chi connectivity index (χ3v) is 6.78. The van der Waals surface area contributed by atoms with Crippen molar-refractivity contribution in [3.05, 3.63) is 70.4 Å². The zero-order valence-electron chi connectivity index (χ0n) is 18.5. The number of alkyl halides is 1. The van der Waals surface area contributed by atoms with Gasteiger partial charge in [0.1, 0.15) is 6.17 Å². The van der Waals surface area contributed by atoms with Crippen molar-refractivity contribution in [1.82, 2.24) is 9.88 Å². The monoisotopic (exact) mass is 422 g/mol. The summed E-state index contributed by atoms with van der Waals surface area (Å²) in [4.78, 5) is 16.9. The molecule has 1 saturated heterocycles. The summed E-state index contributed by atoms with van der Waals surface area (Å²) in [6.45, 7) is 8.07. The smallest absolute Gasteiger partial charge is 0.335 e. The van der Waals surface area contributed by atoms with Crippen molar-refractivity contribution in [3.63, 3.8) is 0 Å². The molecule has 5 heteroatoms. The highest BCUT2D eigenvalue weighted by Crippen LogP contribution is 2.37. The minimum Gasteiger partial charge on any atom is -0.478 e. The van der Waals surface area contributed by atoms with Crippen LogP contribution >= 0.6 is 0 Å². The number of fused-ring (bicyclic) bond motifs is 1. The van der Waals surface area contributed by atoms with Crippen LogP contribution in [0.2, 0.25) is 0 Å². The molecule has 0 spiro atoms. The van der Waals surface area contributed by atoms with Crippen molar-refractivity contribution < 1.29 is 14.3 Å². The average molecular weight is 423 g/mol. The molecule has 164 valence electrons. The van der Waals surface area contributed by atoms with Crippen molar-refractivity contribution in [2.75, 3.05) is 19.6 Å². The van der Waals surface area contributed by atoms with Crippen molar-refractivity contribution >= 4 is 16.9 Å². The minimum atomic E-state index is -0.912. The number of aromatic carboxylic acids is 1. The largest absolute Gasteiger partial charge is 0.478 e. The molecule has 1 aromatic heterocycles. The first-order valence-electron chi connectivity index (χ1n) is 11.1. The molecule has 3 atom stereocenters. The number of aromatic amines is 1. The maximum atomic E-state index is 13.7. The second kappa shape index (κ2) is 8.83. The molecule has 0 saturated carbocycles. The van der Waals surface area contributed by atoms with Crippen LogP contribution < -0.4 is 0 Å². The number of aromatic nitrogens is 1. The number of hydrogen-bond acceptors (Lipinski definition) is 2. The van der Waals surface area contributed by atoms with E-state index in [4.69, 9.17) is 0 Å². The number of carboxylic acid groups (broad SMARTS) is 1. The van der Waals surface area contributed by atoms with Gasteiger partial charge in [0.2, 0.25) is 0 Å². The van der Waals surface area contributed by atoms with Crippen LogP contribution in [0.4, 0.5) is 4.39 Å². The fourth-order valence-corrected chi connectivity index (χ4v) is 5.26. The number of aryl methyl sites for hydroxylation is 2. The van der Waals surface area contributed by atoms with Crippen LogP contribution in [0.3, 0.4) is 0 Å². The molecule has 3 aromatic rings. The Kier molecular flexibility index (Phi) is 6.15. The van der Waals surface area contributed by atoms with Crippen molar-refractivity contribution in [1.29, 1.82) is 0 Å². The van der Waals surface area contributed by atoms with Crippen LogP contribution in [0.25, 0.3) is 10.9 Å². The van der Waals surface area contributed by atoms with E-state index in [2.05, 4.69) is 35.9 Å². The lowest BCUT2D eigenvalue weighted by molar-refractivity contribution is 0.0696. The second-order valence-corrected chi connectivity index (χ2v) is 9.08. The number of benzene rings is 2. The molecule has 1 aliphatic rings. The van der Waals surface area contributed by atoms with Gasteiger partial charge in [-0.2, -0.15) is 0 Å². The Labute approximate surface area is 183 Å². The molecule has 0 aliphatic carbocycles. The maximum Gasteiger partial charge on any atom is 0.335 e. The van der Waals surface area contributed by atoms with Gasteiger partial charge in [0, 0.05) is 30.2 Å².